The van der Waals surface area contributed by atoms with Gasteiger partial charge in [-0.3, -0.25) is 0 Å². The predicted octanol–water partition coefficient (Wildman–Crippen LogP) is 3.77. The van der Waals surface area contributed by atoms with Gasteiger partial charge in [-0.2, -0.15) is 0 Å². The number of anilines is 1. The lowest BCUT2D eigenvalue weighted by Crippen LogP contribution is -3.11. The van der Waals surface area contributed by atoms with Gasteiger partial charge in [0.1, 0.15) is 10.6 Å². The number of rotatable bonds is 10. The molecule has 0 fully saturated rings. The number of aromatic nitrogens is 2. The Morgan fingerprint density at radius 2 is 2.00 bits per heavy atom. The third-order valence-electron chi connectivity index (χ3n) is 5.84. The van der Waals surface area contributed by atoms with Crippen molar-refractivity contribution in [2.24, 2.45) is 0 Å². The van der Waals surface area contributed by atoms with Crippen molar-refractivity contribution in [2.75, 3.05) is 37.2 Å². The minimum Gasteiger partial charge on any atom is -0.369 e. The van der Waals surface area contributed by atoms with E-state index in [1.165, 1.54) is 35.5 Å². The summed E-state index contributed by atoms with van der Waals surface area (Å²) in [5.41, 5.74) is 1.32. The molecule has 3 rings (SSSR count). The van der Waals surface area contributed by atoms with Crippen molar-refractivity contribution >= 4 is 39.1 Å². The number of fused-ring (bicyclic) bond motifs is 3. The van der Waals surface area contributed by atoms with Gasteiger partial charge in [0.25, 0.3) is 0 Å². The molecule has 2 aromatic heterocycles. The van der Waals surface area contributed by atoms with Gasteiger partial charge < -0.3 is 15.0 Å². The molecule has 0 amide bonds. The Kier molecular flexibility index (Phi) is 7.59. The van der Waals surface area contributed by atoms with Crippen LogP contribution in [-0.4, -0.2) is 47.5 Å². The van der Waals surface area contributed by atoms with Gasteiger partial charge in [-0.15, -0.1) is 11.3 Å². The second-order valence-electron chi connectivity index (χ2n) is 7.73. The zero-order chi connectivity index (χ0) is 20.1. The van der Waals surface area contributed by atoms with E-state index in [1.54, 1.807) is 28.0 Å². The molecule has 0 aromatic carbocycles. The van der Waals surface area contributed by atoms with Crippen LogP contribution in [0.5, 0.6) is 0 Å². The zero-order valence-corrected chi connectivity index (χ0v) is 19.6. The van der Waals surface area contributed by atoms with Gasteiger partial charge in [-0.05, 0) is 38.5 Å². The molecule has 1 atom stereocenters. The highest BCUT2D eigenvalue weighted by Crippen LogP contribution is 2.42. The van der Waals surface area contributed by atoms with E-state index >= 15 is 0 Å². The molecule has 0 saturated carbocycles. The first kappa shape index (κ1) is 21.8. The Labute approximate surface area is 177 Å². The Morgan fingerprint density at radius 1 is 1.21 bits per heavy atom. The quantitative estimate of drug-likeness (QED) is 0.346. The summed E-state index contributed by atoms with van der Waals surface area (Å²) in [7, 11) is 0. The van der Waals surface area contributed by atoms with E-state index in [9.17, 15) is 0 Å². The molecule has 156 valence electrons. The van der Waals surface area contributed by atoms with E-state index in [-0.39, 0.29) is 5.60 Å². The van der Waals surface area contributed by atoms with E-state index in [4.69, 9.17) is 14.7 Å². The van der Waals surface area contributed by atoms with Crippen LogP contribution in [-0.2, 0) is 17.8 Å². The molecule has 1 aliphatic heterocycles. The van der Waals surface area contributed by atoms with Crippen molar-refractivity contribution in [1.29, 1.82) is 0 Å². The van der Waals surface area contributed by atoms with Crippen LogP contribution in [0.3, 0.4) is 0 Å². The highest BCUT2D eigenvalue weighted by molar-refractivity contribution is 7.99. The van der Waals surface area contributed by atoms with E-state index in [2.05, 4.69) is 39.9 Å². The molecular formula is C21H35N4OS2+. The maximum absolute atomic E-state index is 6.17. The van der Waals surface area contributed by atoms with Crippen LogP contribution >= 0.6 is 23.1 Å². The summed E-state index contributed by atoms with van der Waals surface area (Å²) < 4.78 is 6.17. The molecule has 1 aliphatic rings. The van der Waals surface area contributed by atoms with Crippen LogP contribution < -0.4 is 10.2 Å². The Balaban J connectivity index is 1.87. The maximum atomic E-state index is 6.17. The second kappa shape index (κ2) is 9.74. The lowest BCUT2D eigenvalue weighted by atomic mass is 9.90. The average Bonchev–Trinajstić information content (AvgIpc) is 3.05. The number of nitrogens with one attached hydrogen (secondary N) is 2. The van der Waals surface area contributed by atoms with Crippen LogP contribution in [0.1, 0.15) is 57.9 Å². The van der Waals surface area contributed by atoms with Gasteiger partial charge in [0, 0.05) is 24.3 Å². The molecule has 7 heteroatoms. The molecule has 0 aliphatic carbocycles. The Bertz CT molecular complexity index is 790. The Hall–Kier alpha value is -0.890. The van der Waals surface area contributed by atoms with E-state index in [0.29, 0.717) is 6.61 Å². The molecule has 2 aromatic rings. The summed E-state index contributed by atoms with van der Waals surface area (Å²) in [5, 5.41) is 5.77. The average molecular weight is 424 g/mol. The van der Waals surface area contributed by atoms with Crippen molar-refractivity contribution < 1.29 is 9.64 Å². The van der Waals surface area contributed by atoms with Crippen LogP contribution in [0.4, 0.5) is 5.82 Å². The minimum absolute atomic E-state index is 0.0821. The molecule has 0 unspecified atom stereocenters. The van der Waals surface area contributed by atoms with Gasteiger partial charge >= 0.3 is 0 Å². The number of quaternary nitrogens is 1. The number of hydrogen-bond donors (Lipinski definition) is 2. The molecule has 0 spiro atoms. The van der Waals surface area contributed by atoms with Crippen LogP contribution in [0.25, 0.3) is 10.2 Å². The third kappa shape index (κ3) is 4.81. The summed E-state index contributed by atoms with van der Waals surface area (Å²) in [6.07, 6.45) is 3.12. The lowest BCUT2D eigenvalue weighted by molar-refractivity contribution is -0.896. The molecule has 2 N–H and O–H groups in total. The summed E-state index contributed by atoms with van der Waals surface area (Å²) in [6.45, 7) is 16.4. The topological polar surface area (TPSA) is 51.5 Å². The molecule has 0 radical (unpaired) electrons. The Morgan fingerprint density at radius 3 is 2.68 bits per heavy atom. The van der Waals surface area contributed by atoms with Crippen molar-refractivity contribution in [2.45, 2.75) is 71.2 Å². The first-order chi connectivity index (χ1) is 13.5. The number of hydrogen-bond acceptors (Lipinski definition) is 6. The van der Waals surface area contributed by atoms with Gasteiger partial charge in [-0.1, -0.05) is 25.6 Å². The normalized spacial score (nSPS) is 19.4. The monoisotopic (exact) mass is 423 g/mol. The van der Waals surface area contributed by atoms with Crippen molar-refractivity contribution in [1.82, 2.24) is 9.97 Å². The molecule has 3 heterocycles. The maximum Gasteiger partial charge on any atom is 0.190 e. The van der Waals surface area contributed by atoms with E-state index in [0.717, 1.165) is 47.4 Å². The van der Waals surface area contributed by atoms with Crippen LogP contribution in [0, 0.1) is 0 Å². The van der Waals surface area contributed by atoms with Gasteiger partial charge in [0.15, 0.2) is 5.16 Å². The van der Waals surface area contributed by atoms with Gasteiger partial charge in [-0.25, -0.2) is 9.97 Å². The smallest absolute Gasteiger partial charge is 0.190 e. The second-order valence-corrected chi connectivity index (χ2v) is 10.0. The largest absolute Gasteiger partial charge is 0.369 e. The fraction of sp³-hybridized carbons (Fsp3) is 0.714. The standard InChI is InChI=1S/C21H34N4OS2/c1-6-21(5)13-15-16(14-26-21)28-19-17(15)18(23-20(24-19)27-9-4)22-11-10-12-25(7-2)8-3/h6-14H2,1-5H3,(H,22,23,24)/p+1/t21-/m0/s1. The SMILES string of the molecule is CCSc1nc(NCCC[NH+](CC)CC)c2c3c(sc2n1)CO[C@@](C)(CC)C3. The van der Waals surface area contributed by atoms with Crippen molar-refractivity contribution in [3.8, 4) is 0 Å². The molecule has 28 heavy (non-hydrogen) atoms. The summed E-state index contributed by atoms with van der Waals surface area (Å²) in [6, 6.07) is 0. The highest BCUT2D eigenvalue weighted by Gasteiger charge is 2.33. The third-order valence-corrected chi connectivity index (χ3v) is 7.67. The number of thiophene rings is 1. The lowest BCUT2D eigenvalue weighted by Gasteiger charge is -2.33. The van der Waals surface area contributed by atoms with Gasteiger partial charge in [0.2, 0.25) is 0 Å². The zero-order valence-electron chi connectivity index (χ0n) is 18.0. The van der Waals surface area contributed by atoms with Crippen LogP contribution in [0.15, 0.2) is 5.16 Å². The van der Waals surface area contributed by atoms with E-state index < -0.39 is 0 Å². The fourth-order valence-corrected chi connectivity index (χ4v) is 5.48. The van der Waals surface area contributed by atoms with E-state index in [1.807, 2.05) is 0 Å². The number of nitrogens with zero attached hydrogens (tertiary/aromatic N) is 2. The summed E-state index contributed by atoms with van der Waals surface area (Å²) >= 11 is 3.50. The fourth-order valence-electron chi connectivity index (χ4n) is 3.75. The molecule has 5 nitrogen and oxygen atoms in total. The number of ether oxygens (including phenoxy) is 1. The van der Waals surface area contributed by atoms with Crippen molar-refractivity contribution in [3.05, 3.63) is 10.4 Å². The summed E-state index contributed by atoms with van der Waals surface area (Å²) in [4.78, 5) is 13.8. The van der Waals surface area contributed by atoms with Gasteiger partial charge in [0.05, 0.1) is 37.2 Å². The molecular weight excluding hydrogens is 388 g/mol. The minimum atomic E-state index is -0.0821. The molecule has 0 bridgehead atoms. The predicted molar refractivity (Wildman–Crippen MR) is 121 cm³/mol. The summed E-state index contributed by atoms with van der Waals surface area (Å²) in [5.74, 6) is 2.01. The highest BCUT2D eigenvalue weighted by atomic mass is 32.2. The number of thioether (sulfide) groups is 1. The first-order valence-electron chi connectivity index (χ1n) is 10.7. The first-order valence-corrected chi connectivity index (χ1v) is 12.5. The van der Waals surface area contributed by atoms with Crippen LogP contribution in [0.2, 0.25) is 0 Å². The molecule has 0 saturated heterocycles. The van der Waals surface area contributed by atoms with Crippen molar-refractivity contribution in [3.63, 3.8) is 0 Å².